The Bertz CT molecular complexity index is 524. The largest absolute Gasteiger partial charge is 0.276 e. The van der Waals surface area contributed by atoms with Gasteiger partial charge in [-0.1, -0.05) is 18.2 Å². The third kappa shape index (κ3) is 2.65. The average molecular weight is 267 g/mol. The van der Waals surface area contributed by atoms with Crippen LogP contribution >= 0.6 is 23.2 Å². The third-order valence-electron chi connectivity index (χ3n) is 2.49. The van der Waals surface area contributed by atoms with Crippen molar-refractivity contribution in [2.24, 2.45) is 0 Å². The van der Waals surface area contributed by atoms with Gasteiger partial charge in [0.05, 0.1) is 0 Å². The molecule has 86 valence electrons. The quantitative estimate of drug-likeness (QED) is 0.781. The fraction of sp³-hybridized carbons (Fsp3) is 0.0769. The average Bonchev–Trinajstić information content (AvgIpc) is 2.81. The van der Waals surface area contributed by atoms with Gasteiger partial charge in [0.15, 0.2) is 0 Å². The van der Waals surface area contributed by atoms with Crippen LogP contribution in [-0.4, -0.2) is 10.5 Å². The van der Waals surface area contributed by atoms with Crippen LogP contribution in [0.15, 0.2) is 36.4 Å². The SMILES string of the molecule is O=C(Cl)c1cc(C(=O)Cl)cc(C2=CCC=C2)c1. The van der Waals surface area contributed by atoms with E-state index in [1.165, 1.54) is 6.07 Å². The van der Waals surface area contributed by atoms with Crippen molar-refractivity contribution >= 4 is 39.3 Å². The summed E-state index contributed by atoms with van der Waals surface area (Å²) in [5, 5.41) is -1.21. The van der Waals surface area contributed by atoms with Crippen molar-refractivity contribution in [1.29, 1.82) is 0 Å². The number of benzene rings is 1. The van der Waals surface area contributed by atoms with Gasteiger partial charge in [-0.2, -0.15) is 0 Å². The van der Waals surface area contributed by atoms with Gasteiger partial charge in [-0.3, -0.25) is 9.59 Å². The summed E-state index contributed by atoms with van der Waals surface area (Å²) in [5.41, 5.74) is 2.28. The Kier molecular flexibility index (Phi) is 3.46. The van der Waals surface area contributed by atoms with Gasteiger partial charge in [0.25, 0.3) is 10.5 Å². The summed E-state index contributed by atoms with van der Waals surface area (Å²) in [6, 6.07) is 4.70. The fourth-order valence-electron chi connectivity index (χ4n) is 1.69. The predicted molar refractivity (Wildman–Crippen MR) is 68.5 cm³/mol. The number of halogens is 2. The Hall–Kier alpha value is -1.38. The molecular weight excluding hydrogens is 259 g/mol. The smallest absolute Gasteiger partial charge is 0.252 e. The highest BCUT2D eigenvalue weighted by Crippen LogP contribution is 2.25. The summed E-state index contributed by atoms with van der Waals surface area (Å²) in [6.07, 6.45) is 6.77. The zero-order chi connectivity index (χ0) is 12.4. The van der Waals surface area contributed by atoms with Gasteiger partial charge in [0.2, 0.25) is 0 Å². The fourth-order valence-corrected chi connectivity index (χ4v) is 1.91. The number of rotatable bonds is 3. The van der Waals surface area contributed by atoms with Gasteiger partial charge in [-0.25, -0.2) is 0 Å². The van der Waals surface area contributed by atoms with Gasteiger partial charge in [-0.05, 0) is 59.0 Å². The van der Waals surface area contributed by atoms with Gasteiger partial charge >= 0.3 is 0 Å². The monoisotopic (exact) mass is 266 g/mol. The molecule has 2 rings (SSSR count). The lowest BCUT2D eigenvalue weighted by molar-refractivity contribution is 0.108. The first-order valence-electron chi connectivity index (χ1n) is 5.00. The van der Waals surface area contributed by atoms with E-state index in [2.05, 4.69) is 0 Å². The minimum absolute atomic E-state index is 0.273. The lowest BCUT2D eigenvalue weighted by Gasteiger charge is -2.05. The van der Waals surface area contributed by atoms with Crippen molar-refractivity contribution < 1.29 is 9.59 Å². The summed E-state index contributed by atoms with van der Waals surface area (Å²) < 4.78 is 0. The highest BCUT2D eigenvalue weighted by molar-refractivity contribution is 6.69. The Balaban J connectivity index is 2.55. The van der Waals surface area contributed by atoms with Gasteiger partial charge in [0.1, 0.15) is 0 Å². The second-order valence-electron chi connectivity index (χ2n) is 3.64. The summed E-state index contributed by atoms with van der Waals surface area (Å²) >= 11 is 10.9. The van der Waals surface area contributed by atoms with Crippen LogP contribution < -0.4 is 0 Å². The first kappa shape index (κ1) is 12.1. The standard InChI is InChI=1S/C13H8Cl2O2/c14-12(16)10-5-9(8-3-1-2-4-8)6-11(7-10)13(15)17/h1,3-7H,2H2. The van der Waals surface area contributed by atoms with E-state index < -0.39 is 10.5 Å². The minimum atomic E-state index is -0.603. The molecule has 1 aliphatic rings. The van der Waals surface area contributed by atoms with Crippen LogP contribution in [0, 0.1) is 0 Å². The maximum Gasteiger partial charge on any atom is 0.252 e. The Morgan fingerprint density at radius 2 is 1.59 bits per heavy atom. The van der Waals surface area contributed by atoms with Crippen molar-refractivity contribution in [3.05, 3.63) is 53.1 Å². The van der Waals surface area contributed by atoms with Crippen molar-refractivity contribution in [2.45, 2.75) is 6.42 Å². The summed E-state index contributed by atoms with van der Waals surface area (Å²) in [5.74, 6) is 0. The van der Waals surface area contributed by atoms with Crippen LogP contribution in [0.25, 0.3) is 5.57 Å². The molecule has 0 amide bonds. The number of carbonyl (C=O) groups is 2. The van der Waals surface area contributed by atoms with Crippen LogP contribution in [0.4, 0.5) is 0 Å². The van der Waals surface area contributed by atoms with E-state index in [1.54, 1.807) is 12.1 Å². The molecule has 0 spiro atoms. The molecule has 0 fully saturated rings. The molecule has 2 nitrogen and oxygen atoms in total. The first-order valence-corrected chi connectivity index (χ1v) is 5.75. The number of carbonyl (C=O) groups excluding carboxylic acids is 2. The molecule has 0 heterocycles. The van der Waals surface area contributed by atoms with Crippen LogP contribution in [0.1, 0.15) is 32.7 Å². The van der Waals surface area contributed by atoms with E-state index in [0.29, 0.717) is 0 Å². The van der Waals surface area contributed by atoms with Crippen molar-refractivity contribution in [1.82, 2.24) is 0 Å². The molecule has 0 unspecified atom stereocenters. The summed E-state index contributed by atoms with van der Waals surface area (Å²) in [7, 11) is 0. The first-order chi connectivity index (χ1) is 8.08. The Morgan fingerprint density at radius 3 is 2.00 bits per heavy atom. The lowest BCUT2D eigenvalue weighted by atomic mass is 10.0. The number of hydrogen-bond donors (Lipinski definition) is 0. The van der Waals surface area contributed by atoms with Crippen molar-refractivity contribution in [3.63, 3.8) is 0 Å². The van der Waals surface area contributed by atoms with Crippen molar-refractivity contribution in [2.75, 3.05) is 0 Å². The molecule has 0 N–H and O–H groups in total. The third-order valence-corrected chi connectivity index (χ3v) is 2.93. The predicted octanol–water partition coefficient (Wildman–Crippen LogP) is 3.79. The van der Waals surface area contributed by atoms with E-state index in [1.807, 2.05) is 18.2 Å². The molecule has 0 saturated carbocycles. The molecule has 0 aliphatic heterocycles. The summed E-state index contributed by atoms with van der Waals surface area (Å²) in [6.45, 7) is 0. The second-order valence-corrected chi connectivity index (χ2v) is 4.33. The Labute approximate surface area is 109 Å². The molecule has 1 aromatic rings. The molecule has 0 aromatic heterocycles. The lowest BCUT2D eigenvalue weighted by Crippen LogP contribution is -1.97. The number of hydrogen-bond acceptors (Lipinski definition) is 2. The van der Waals surface area contributed by atoms with Gasteiger partial charge < -0.3 is 0 Å². The molecule has 0 bridgehead atoms. The van der Waals surface area contributed by atoms with Crippen LogP contribution in [0.3, 0.4) is 0 Å². The maximum absolute atomic E-state index is 11.2. The molecule has 0 saturated heterocycles. The molecule has 4 heteroatoms. The summed E-state index contributed by atoms with van der Waals surface area (Å²) in [4.78, 5) is 22.3. The van der Waals surface area contributed by atoms with E-state index in [0.717, 1.165) is 17.6 Å². The highest BCUT2D eigenvalue weighted by Gasteiger charge is 2.12. The zero-order valence-corrected chi connectivity index (χ0v) is 10.3. The molecule has 0 radical (unpaired) electrons. The van der Waals surface area contributed by atoms with E-state index >= 15 is 0 Å². The molecule has 1 aliphatic carbocycles. The van der Waals surface area contributed by atoms with Crippen LogP contribution in [0.5, 0.6) is 0 Å². The molecule has 17 heavy (non-hydrogen) atoms. The maximum atomic E-state index is 11.2. The molecular formula is C13H8Cl2O2. The highest BCUT2D eigenvalue weighted by atomic mass is 35.5. The minimum Gasteiger partial charge on any atom is -0.276 e. The topological polar surface area (TPSA) is 34.1 Å². The van der Waals surface area contributed by atoms with Gasteiger partial charge in [-0.15, -0.1) is 0 Å². The van der Waals surface area contributed by atoms with Crippen molar-refractivity contribution in [3.8, 4) is 0 Å². The number of allylic oxidation sites excluding steroid dienone is 4. The Morgan fingerprint density at radius 1 is 1.00 bits per heavy atom. The van der Waals surface area contributed by atoms with Crippen LogP contribution in [-0.2, 0) is 0 Å². The molecule has 1 aromatic carbocycles. The van der Waals surface area contributed by atoms with E-state index in [4.69, 9.17) is 23.2 Å². The normalized spacial score (nSPS) is 13.6. The zero-order valence-electron chi connectivity index (χ0n) is 8.74. The van der Waals surface area contributed by atoms with Gasteiger partial charge in [0, 0.05) is 11.1 Å². The second kappa shape index (κ2) is 4.86. The van der Waals surface area contributed by atoms with E-state index in [9.17, 15) is 9.59 Å². The van der Waals surface area contributed by atoms with E-state index in [-0.39, 0.29) is 11.1 Å². The molecule has 0 atom stereocenters. The van der Waals surface area contributed by atoms with Crippen LogP contribution in [0.2, 0.25) is 0 Å².